The third-order valence-electron chi connectivity index (χ3n) is 5.39. The van der Waals surface area contributed by atoms with E-state index < -0.39 is 0 Å². The molecule has 2 aliphatic heterocycles. The van der Waals surface area contributed by atoms with E-state index in [1.807, 2.05) is 17.0 Å². The fourth-order valence-electron chi connectivity index (χ4n) is 4.11. The van der Waals surface area contributed by atoms with Crippen molar-refractivity contribution >= 4 is 23.2 Å². The number of piperidine rings is 1. The molecule has 0 N–H and O–H groups in total. The lowest BCUT2D eigenvalue weighted by Gasteiger charge is -2.39. The van der Waals surface area contributed by atoms with Crippen LogP contribution < -0.4 is 4.90 Å². The Labute approximate surface area is 161 Å². The van der Waals surface area contributed by atoms with Crippen molar-refractivity contribution in [1.29, 1.82) is 5.26 Å². The molecule has 2 saturated heterocycles. The number of carbonyl (C=O) groups is 1. The van der Waals surface area contributed by atoms with Gasteiger partial charge in [-0.3, -0.25) is 9.69 Å². The van der Waals surface area contributed by atoms with Crippen molar-refractivity contribution in [1.82, 2.24) is 9.80 Å². The Morgan fingerprint density at radius 2 is 1.85 bits per heavy atom. The van der Waals surface area contributed by atoms with Gasteiger partial charge in [-0.15, -0.1) is 0 Å². The minimum atomic E-state index is 0.262. The molecule has 1 amide bonds. The molecule has 0 aromatic heterocycles. The summed E-state index contributed by atoms with van der Waals surface area (Å²) in [6.45, 7) is 10.2. The second kappa shape index (κ2) is 8.28. The molecule has 0 saturated carbocycles. The van der Waals surface area contributed by atoms with Gasteiger partial charge in [0.1, 0.15) is 6.07 Å². The molecule has 2 unspecified atom stereocenters. The monoisotopic (exact) mass is 374 g/mol. The summed E-state index contributed by atoms with van der Waals surface area (Å²) in [4.78, 5) is 19.2. The average molecular weight is 375 g/mol. The van der Waals surface area contributed by atoms with E-state index in [0.29, 0.717) is 29.0 Å². The van der Waals surface area contributed by atoms with Gasteiger partial charge in [0, 0.05) is 45.0 Å². The lowest BCUT2D eigenvalue weighted by molar-refractivity contribution is -0.135. The average Bonchev–Trinajstić information content (AvgIpc) is 2.61. The van der Waals surface area contributed by atoms with E-state index in [1.165, 1.54) is 6.42 Å². The van der Waals surface area contributed by atoms with E-state index >= 15 is 0 Å². The van der Waals surface area contributed by atoms with Crippen molar-refractivity contribution in [2.45, 2.75) is 20.3 Å². The molecule has 1 aromatic carbocycles. The number of nitriles is 1. The van der Waals surface area contributed by atoms with Crippen molar-refractivity contribution in [3.63, 3.8) is 0 Å². The van der Waals surface area contributed by atoms with Gasteiger partial charge in [-0.25, -0.2) is 0 Å². The number of hydrogen-bond acceptors (Lipinski definition) is 4. The first-order valence-electron chi connectivity index (χ1n) is 9.41. The molecule has 140 valence electrons. The summed E-state index contributed by atoms with van der Waals surface area (Å²) >= 11 is 6.15. The first-order chi connectivity index (χ1) is 12.5. The number of halogens is 1. The van der Waals surface area contributed by atoms with Crippen LogP contribution in [-0.4, -0.2) is 61.5 Å². The maximum absolute atomic E-state index is 12.6. The van der Waals surface area contributed by atoms with Crippen molar-refractivity contribution in [3.8, 4) is 6.07 Å². The number of piperazine rings is 1. The van der Waals surface area contributed by atoms with Crippen molar-refractivity contribution in [3.05, 3.63) is 28.8 Å². The molecule has 0 radical (unpaired) electrons. The summed E-state index contributed by atoms with van der Waals surface area (Å²) < 4.78 is 0. The summed E-state index contributed by atoms with van der Waals surface area (Å²) in [7, 11) is 0. The van der Waals surface area contributed by atoms with Crippen molar-refractivity contribution < 1.29 is 4.79 Å². The molecule has 0 bridgehead atoms. The van der Waals surface area contributed by atoms with Crippen molar-refractivity contribution in [2.75, 3.05) is 50.7 Å². The van der Waals surface area contributed by atoms with Crippen molar-refractivity contribution in [2.24, 2.45) is 11.8 Å². The number of hydrogen-bond donors (Lipinski definition) is 0. The standard InChI is InChI=1S/C20H27ClN4O/c1-15-9-16(2)13-25(12-15)20(26)14-23-5-7-24(8-6-23)18-4-3-17(11-22)19(21)10-18/h3-4,10,15-16H,5-9,12-14H2,1-2H3. The third kappa shape index (κ3) is 4.49. The van der Waals surface area contributed by atoms with Gasteiger partial charge in [-0.05, 0) is 36.5 Å². The minimum absolute atomic E-state index is 0.262. The quantitative estimate of drug-likeness (QED) is 0.816. The van der Waals surface area contributed by atoms with Gasteiger partial charge in [-0.2, -0.15) is 5.26 Å². The Hall–Kier alpha value is -1.77. The molecular weight excluding hydrogens is 348 g/mol. The topological polar surface area (TPSA) is 50.6 Å². The summed E-state index contributed by atoms with van der Waals surface area (Å²) in [5, 5.41) is 9.48. The molecule has 6 heteroatoms. The molecule has 0 spiro atoms. The van der Waals surface area contributed by atoms with Crippen LogP contribution in [0.4, 0.5) is 5.69 Å². The first-order valence-corrected chi connectivity index (χ1v) is 9.78. The van der Waals surface area contributed by atoms with E-state index in [0.717, 1.165) is 45.0 Å². The summed E-state index contributed by atoms with van der Waals surface area (Å²) in [6.07, 6.45) is 1.22. The van der Waals surface area contributed by atoms with Crippen LogP contribution in [0.25, 0.3) is 0 Å². The Balaban J connectivity index is 1.51. The summed E-state index contributed by atoms with van der Waals surface area (Å²) in [5.74, 6) is 1.46. The van der Waals surface area contributed by atoms with Gasteiger partial charge in [0.05, 0.1) is 17.1 Å². The number of likely N-dealkylation sites (tertiary alicyclic amines) is 1. The number of amides is 1. The number of anilines is 1. The Morgan fingerprint density at radius 1 is 1.19 bits per heavy atom. The Kier molecular flexibility index (Phi) is 6.05. The second-order valence-corrected chi connectivity index (χ2v) is 8.19. The smallest absolute Gasteiger partial charge is 0.236 e. The van der Waals surface area contributed by atoms with E-state index in [-0.39, 0.29) is 5.91 Å². The van der Waals surface area contributed by atoms with E-state index in [1.54, 1.807) is 6.07 Å². The van der Waals surface area contributed by atoms with E-state index in [9.17, 15) is 4.79 Å². The van der Waals surface area contributed by atoms with Crippen LogP contribution in [0.3, 0.4) is 0 Å². The predicted molar refractivity (Wildman–Crippen MR) is 104 cm³/mol. The predicted octanol–water partition coefficient (Wildman–Crippen LogP) is 2.84. The number of carbonyl (C=O) groups excluding carboxylic acids is 1. The van der Waals surface area contributed by atoms with Crippen LogP contribution in [0.2, 0.25) is 5.02 Å². The molecule has 3 rings (SSSR count). The maximum Gasteiger partial charge on any atom is 0.236 e. The summed E-state index contributed by atoms with van der Waals surface area (Å²) in [6, 6.07) is 7.67. The number of rotatable bonds is 3. The molecule has 2 atom stereocenters. The lowest BCUT2D eigenvalue weighted by atomic mass is 9.92. The zero-order chi connectivity index (χ0) is 18.7. The van der Waals surface area contributed by atoms with Crippen LogP contribution in [0.1, 0.15) is 25.8 Å². The normalized spacial score (nSPS) is 24.4. The molecule has 0 aliphatic carbocycles. The van der Waals surface area contributed by atoms with E-state index in [2.05, 4.69) is 29.7 Å². The highest BCUT2D eigenvalue weighted by Crippen LogP contribution is 2.24. The van der Waals surface area contributed by atoms with Gasteiger partial charge >= 0.3 is 0 Å². The largest absolute Gasteiger partial charge is 0.369 e. The Morgan fingerprint density at radius 3 is 2.42 bits per heavy atom. The number of benzene rings is 1. The molecule has 2 aliphatic rings. The molecule has 26 heavy (non-hydrogen) atoms. The van der Waals surface area contributed by atoms with Crippen LogP contribution in [-0.2, 0) is 4.79 Å². The molecule has 1 aromatic rings. The molecular formula is C20H27ClN4O. The fraction of sp³-hybridized carbons (Fsp3) is 0.600. The first kappa shape index (κ1) is 19.0. The Bertz CT molecular complexity index is 684. The molecule has 2 fully saturated rings. The van der Waals surface area contributed by atoms with Crippen LogP contribution in [0, 0.1) is 23.2 Å². The van der Waals surface area contributed by atoms with Gasteiger partial charge in [-0.1, -0.05) is 25.4 Å². The zero-order valence-electron chi connectivity index (χ0n) is 15.6. The van der Waals surface area contributed by atoms with Crippen LogP contribution in [0.5, 0.6) is 0 Å². The minimum Gasteiger partial charge on any atom is -0.369 e. The molecule has 5 nitrogen and oxygen atoms in total. The maximum atomic E-state index is 12.6. The zero-order valence-corrected chi connectivity index (χ0v) is 16.4. The highest BCUT2D eigenvalue weighted by atomic mass is 35.5. The van der Waals surface area contributed by atoms with Crippen LogP contribution in [0.15, 0.2) is 18.2 Å². The fourth-order valence-corrected chi connectivity index (χ4v) is 4.33. The van der Waals surface area contributed by atoms with Crippen LogP contribution >= 0.6 is 11.6 Å². The highest BCUT2D eigenvalue weighted by molar-refractivity contribution is 6.32. The van der Waals surface area contributed by atoms with Gasteiger partial charge in [0.25, 0.3) is 0 Å². The third-order valence-corrected chi connectivity index (χ3v) is 5.70. The highest BCUT2D eigenvalue weighted by Gasteiger charge is 2.27. The van der Waals surface area contributed by atoms with Gasteiger partial charge in [0.15, 0.2) is 0 Å². The lowest BCUT2D eigenvalue weighted by Crippen LogP contribution is -2.52. The second-order valence-electron chi connectivity index (χ2n) is 7.78. The van der Waals surface area contributed by atoms with Gasteiger partial charge < -0.3 is 9.80 Å². The molecule has 2 heterocycles. The van der Waals surface area contributed by atoms with E-state index in [4.69, 9.17) is 16.9 Å². The SMILES string of the molecule is CC1CC(C)CN(C(=O)CN2CCN(c3ccc(C#N)c(Cl)c3)CC2)C1. The number of nitrogens with zero attached hydrogens (tertiary/aromatic N) is 4. The summed E-state index contributed by atoms with van der Waals surface area (Å²) in [5.41, 5.74) is 1.54. The van der Waals surface area contributed by atoms with Gasteiger partial charge in [0.2, 0.25) is 5.91 Å².